The number of phenolic OH excluding ortho intramolecular Hbond substituents is 2. The molecule has 0 amide bonds. The number of hydrogen-bond donors (Lipinski definition) is 2. The Hall–Kier alpha value is -4.12. The largest absolute Gasteiger partial charge is 0.508 e. The third-order valence-corrected chi connectivity index (χ3v) is 6.98. The molecule has 0 aliphatic carbocycles. The topological polar surface area (TPSA) is 75.5 Å². The first-order valence-corrected chi connectivity index (χ1v) is 13.0. The molecule has 0 bridgehead atoms. The molecule has 0 aliphatic heterocycles. The van der Waals surface area contributed by atoms with Crippen molar-refractivity contribution < 1.29 is 14.9 Å². The average Bonchev–Trinajstić information content (AvgIpc) is 2.92. The van der Waals surface area contributed by atoms with E-state index in [9.17, 15) is 10.2 Å². The lowest BCUT2D eigenvalue weighted by Gasteiger charge is -2.17. The average molecular weight is 493 g/mol. The van der Waals surface area contributed by atoms with Crippen molar-refractivity contribution in [2.24, 2.45) is 5.92 Å². The normalized spacial score (nSPS) is 12.2. The van der Waals surface area contributed by atoms with Gasteiger partial charge in [-0.15, -0.1) is 0 Å². The lowest BCUT2D eigenvalue weighted by atomic mass is 9.95. The highest BCUT2D eigenvalue weighted by molar-refractivity contribution is 6.13. The van der Waals surface area contributed by atoms with E-state index in [1.54, 1.807) is 6.07 Å². The van der Waals surface area contributed by atoms with Crippen molar-refractivity contribution in [2.75, 3.05) is 6.61 Å². The Morgan fingerprint density at radius 2 is 1.54 bits per heavy atom. The number of hydrogen-bond acceptors (Lipinski definition) is 5. The molecule has 5 heteroatoms. The van der Waals surface area contributed by atoms with Gasteiger partial charge in [0.1, 0.15) is 11.5 Å². The lowest BCUT2D eigenvalue weighted by molar-refractivity contribution is 0.226. The fraction of sp³-hybridized carbons (Fsp3) is 0.250. The standard InChI is InChI=1S/C32H32N2O3/c1-3-5-10-21(4-2)20-37-31-19-29(33-32(34-31)27-16-15-23(35)18-30(27)36)28-17-22-11-6-7-12-24(22)25-13-8-9-14-26(25)28/h6-9,11-19,21,35-36H,3-5,10,20H2,1-2H3. The van der Waals surface area contributed by atoms with Crippen LogP contribution in [0.4, 0.5) is 0 Å². The molecule has 1 aromatic heterocycles. The van der Waals surface area contributed by atoms with Gasteiger partial charge in [0, 0.05) is 17.7 Å². The minimum Gasteiger partial charge on any atom is -0.508 e. The number of rotatable bonds is 9. The Kier molecular flexibility index (Phi) is 7.22. The van der Waals surface area contributed by atoms with Crippen molar-refractivity contribution in [3.05, 3.63) is 78.9 Å². The molecule has 5 nitrogen and oxygen atoms in total. The first kappa shape index (κ1) is 24.6. The predicted molar refractivity (Wildman–Crippen MR) is 150 cm³/mol. The molecule has 1 heterocycles. The fourth-order valence-corrected chi connectivity index (χ4v) is 4.83. The highest BCUT2D eigenvalue weighted by atomic mass is 16.5. The van der Waals surface area contributed by atoms with Crippen molar-refractivity contribution in [3.63, 3.8) is 0 Å². The Morgan fingerprint density at radius 3 is 2.30 bits per heavy atom. The molecule has 0 fully saturated rings. The first-order chi connectivity index (χ1) is 18.1. The minimum atomic E-state index is -0.0825. The van der Waals surface area contributed by atoms with Crippen LogP contribution in [-0.2, 0) is 0 Å². The van der Waals surface area contributed by atoms with Crippen molar-refractivity contribution in [2.45, 2.75) is 39.5 Å². The van der Waals surface area contributed by atoms with E-state index in [4.69, 9.17) is 9.72 Å². The predicted octanol–water partition coefficient (Wildman–Crippen LogP) is 8.12. The molecule has 4 aromatic carbocycles. The number of unbranched alkanes of at least 4 members (excludes halogenated alkanes) is 1. The highest BCUT2D eigenvalue weighted by Crippen LogP contribution is 2.37. The SMILES string of the molecule is CCCCC(CC)COc1cc(-c2cc3ccccc3c3ccccc23)nc(-c2ccc(O)cc2O)n1. The third kappa shape index (κ3) is 5.21. The van der Waals surface area contributed by atoms with Crippen LogP contribution in [0.25, 0.3) is 44.2 Å². The van der Waals surface area contributed by atoms with Gasteiger partial charge in [-0.1, -0.05) is 81.6 Å². The summed E-state index contributed by atoms with van der Waals surface area (Å²) in [5, 5.41) is 24.9. The summed E-state index contributed by atoms with van der Waals surface area (Å²) in [5.74, 6) is 1.17. The molecule has 1 unspecified atom stereocenters. The van der Waals surface area contributed by atoms with Gasteiger partial charge >= 0.3 is 0 Å². The van der Waals surface area contributed by atoms with E-state index in [1.807, 2.05) is 24.3 Å². The smallest absolute Gasteiger partial charge is 0.217 e. The van der Waals surface area contributed by atoms with E-state index >= 15 is 0 Å². The third-order valence-electron chi connectivity index (χ3n) is 6.98. The molecular formula is C32H32N2O3. The second kappa shape index (κ2) is 10.9. The quantitative estimate of drug-likeness (QED) is 0.203. The molecule has 188 valence electrons. The van der Waals surface area contributed by atoms with Gasteiger partial charge < -0.3 is 14.9 Å². The van der Waals surface area contributed by atoms with Gasteiger partial charge in [0.25, 0.3) is 0 Å². The molecule has 0 radical (unpaired) electrons. The number of ether oxygens (including phenoxy) is 1. The van der Waals surface area contributed by atoms with E-state index in [2.05, 4.69) is 55.2 Å². The molecule has 0 aliphatic rings. The Balaban J connectivity index is 1.66. The zero-order chi connectivity index (χ0) is 25.8. The first-order valence-electron chi connectivity index (χ1n) is 13.0. The van der Waals surface area contributed by atoms with Crippen molar-refractivity contribution >= 4 is 21.5 Å². The summed E-state index contributed by atoms with van der Waals surface area (Å²) in [6, 6.07) is 25.2. The van der Waals surface area contributed by atoms with Gasteiger partial charge in [0.05, 0.1) is 17.9 Å². The molecule has 2 N–H and O–H groups in total. The maximum absolute atomic E-state index is 10.6. The van der Waals surface area contributed by atoms with E-state index in [0.29, 0.717) is 29.8 Å². The summed E-state index contributed by atoms with van der Waals surface area (Å²) in [6.07, 6.45) is 4.49. The van der Waals surface area contributed by atoms with Gasteiger partial charge in [-0.3, -0.25) is 0 Å². The van der Waals surface area contributed by atoms with Crippen LogP contribution in [0.3, 0.4) is 0 Å². The molecular weight excluding hydrogens is 460 g/mol. The number of phenols is 2. The van der Waals surface area contributed by atoms with Crippen LogP contribution in [0.15, 0.2) is 78.9 Å². The summed E-state index contributed by atoms with van der Waals surface area (Å²) in [7, 11) is 0. The maximum atomic E-state index is 10.6. The number of benzene rings is 4. The van der Waals surface area contributed by atoms with Gasteiger partial charge in [-0.2, -0.15) is 4.98 Å². The highest BCUT2D eigenvalue weighted by Gasteiger charge is 2.17. The molecule has 0 saturated heterocycles. The van der Waals surface area contributed by atoms with Gasteiger partial charge in [-0.05, 0) is 52.1 Å². The lowest BCUT2D eigenvalue weighted by Crippen LogP contribution is -2.12. The summed E-state index contributed by atoms with van der Waals surface area (Å²) in [4.78, 5) is 9.56. The Labute approximate surface area is 217 Å². The second-order valence-corrected chi connectivity index (χ2v) is 9.53. The number of aromatic hydroxyl groups is 2. The van der Waals surface area contributed by atoms with Gasteiger partial charge in [-0.25, -0.2) is 4.98 Å². The van der Waals surface area contributed by atoms with E-state index < -0.39 is 0 Å². The molecule has 37 heavy (non-hydrogen) atoms. The number of aromatic nitrogens is 2. The van der Waals surface area contributed by atoms with E-state index in [0.717, 1.165) is 46.7 Å². The summed E-state index contributed by atoms with van der Waals surface area (Å²) in [6.45, 7) is 4.97. The Morgan fingerprint density at radius 1 is 0.784 bits per heavy atom. The van der Waals surface area contributed by atoms with Crippen LogP contribution in [0.2, 0.25) is 0 Å². The molecule has 5 aromatic rings. The monoisotopic (exact) mass is 492 g/mol. The zero-order valence-corrected chi connectivity index (χ0v) is 21.3. The molecule has 1 atom stereocenters. The van der Waals surface area contributed by atoms with E-state index in [-0.39, 0.29) is 11.5 Å². The molecule has 5 rings (SSSR count). The molecule has 0 saturated carbocycles. The van der Waals surface area contributed by atoms with E-state index in [1.165, 1.54) is 23.9 Å². The zero-order valence-electron chi connectivity index (χ0n) is 21.3. The maximum Gasteiger partial charge on any atom is 0.217 e. The fourth-order valence-electron chi connectivity index (χ4n) is 4.83. The minimum absolute atomic E-state index is 0.0175. The summed E-state index contributed by atoms with van der Waals surface area (Å²) < 4.78 is 6.26. The summed E-state index contributed by atoms with van der Waals surface area (Å²) >= 11 is 0. The van der Waals surface area contributed by atoms with Crippen LogP contribution < -0.4 is 4.74 Å². The van der Waals surface area contributed by atoms with Crippen LogP contribution >= 0.6 is 0 Å². The van der Waals surface area contributed by atoms with Gasteiger partial charge in [0.2, 0.25) is 5.88 Å². The van der Waals surface area contributed by atoms with Crippen LogP contribution in [-0.4, -0.2) is 26.8 Å². The van der Waals surface area contributed by atoms with Crippen molar-refractivity contribution in [1.82, 2.24) is 9.97 Å². The van der Waals surface area contributed by atoms with Crippen molar-refractivity contribution in [1.29, 1.82) is 0 Å². The van der Waals surface area contributed by atoms with Crippen LogP contribution in [0, 0.1) is 5.92 Å². The molecule has 0 spiro atoms. The number of fused-ring (bicyclic) bond motifs is 3. The number of nitrogens with zero attached hydrogens (tertiary/aromatic N) is 2. The summed E-state index contributed by atoms with van der Waals surface area (Å²) in [5.41, 5.74) is 2.13. The second-order valence-electron chi connectivity index (χ2n) is 9.53. The van der Waals surface area contributed by atoms with Crippen LogP contribution in [0.5, 0.6) is 17.4 Å². The van der Waals surface area contributed by atoms with Crippen molar-refractivity contribution in [3.8, 4) is 40.0 Å². The van der Waals surface area contributed by atoms with Crippen LogP contribution in [0.1, 0.15) is 39.5 Å². The Bertz CT molecular complexity index is 1550. The van der Waals surface area contributed by atoms with Gasteiger partial charge in [0.15, 0.2) is 5.82 Å².